The van der Waals surface area contributed by atoms with Crippen LogP contribution in [0.2, 0.25) is 0 Å². The average Bonchev–Trinajstić information content (AvgIpc) is 2.81. The van der Waals surface area contributed by atoms with Crippen LogP contribution in [0, 0.1) is 0 Å². The first kappa shape index (κ1) is 11.2. The number of hydrogen-bond donors (Lipinski definition) is 1. The Labute approximate surface area is 96.0 Å². The summed E-state index contributed by atoms with van der Waals surface area (Å²) < 4.78 is 24.9. The second kappa shape index (κ2) is 4.72. The molecule has 0 fully saturated rings. The van der Waals surface area contributed by atoms with Crippen molar-refractivity contribution in [3.8, 4) is 0 Å². The summed E-state index contributed by atoms with van der Waals surface area (Å²) in [6.07, 6.45) is -3.33. The molecule has 2 aromatic rings. The zero-order chi connectivity index (χ0) is 11.5. The van der Waals surface area contributed by atoms with Gasteiger partial charge in [-0.15, -0.1) is 0 Å². The zero-order valence-corrected chi connectivity index (χ0v) is 9.12. The number of halogens is 2. The van der Waals surface area contributed by atoms with Crippen LogP contribution in [0.25, 0.3) is 0 Å². The first-order valence-corrected chi connectivity index (χ1v) is 5.71. The summed E-state index contributed by atoms with van der Waals surface area (Å²) in [4.78, 5) is 0. The molecule has 0 aliphatic carbocycles. The van der Waals surface area contributed by atoms with Gasteiger partial charge in [0.15, 0.2) is 0 Å². The lowest BCUT2D eigenvalue weighted by Crippen LogP contribution is -1.99. The van der Waals surface area contributed by atoms with Crippen LogP contribution in [-0.4, -0.2) is 5.11 Å². The van der Waals surface area contributed by atoms with Gasteiger partial charge in [0.2, 0.25) is 0 Å². The molecule has 0 saturated carbocycles. The molecule has 1 atom stereocenters. The van der Waals surface area contributed by atoms with Crippen LogP contribution in [0.4, 0.5) is 8.78 Å². The summed E-state index contributed by atoms with van der Waals surface area (Å²) in [7, 11) is 0. The van der Waals surface area contributed by atoms with Crippen molar-refractivity contribution in [2.24, 2.45) is 0 Å². The summed E-state index contributed by atoms with van der Waals surface area (Å²) in [5, 5.41) is 13.6. The molecular weight excluding hydrogens is 230 g/mol. The quantitative estimate of drug-likeness (QED) is 0.865. The molecule has 1 unspecified atom stereocenters. The van der Waals surface area contributed by atoms with E-state index < -0.39 is 12.5 Å². The summed E-state index contributed by atoms with van der Waals surface area (Å²) in [6.45, 7) is 0. The van der Waals surface area contributed by atoms with E-state index in [1.54, 1.807) is 17.5 Å². The molecule has 1 N–H and O–H groups in total. The average molecular weight is 240 g/mol. The van der Waals surface area contributed by atoms with Crippen molar-refractivity contribution in [1.29, 1.82) is 0 Å². The van der Waals surface area contributed by atoms with Gasteiger partial charge in [-0.1, -0.05) is 18.2 Å². The van der Waals surface area contributed by atoms with E-state index in [4.69, 9.17) is 0 Å². The molecule has 0 radical (unpaired) electrons. The molecule has 1 aromatic carbocycles. The smallest absolute Gasteiger partial charge is 0.263 e. The molecule has 0 amide bonds. The normalized spacial score (nSPS) is 13.0. The summed E-state index contributed by atoms with van der Waals surface area (Å²) >= 11 is 1.46. The highest BCUT2D eigenvalue weighted by Gasteiger charge is 2.13. The fourth-order valence-corrected chi connectivity index (χ4v) is 2.17. The standard InChI is InChI=1S/C12H10F2OS/c13-12(14)9-3-1-2-8(6-9)11(15)10-4-5-16-7-10/h1-7,11-12,15H. The van der Waals surface area contributed by atoms with Gasteiger partial charge in [0.1, 0.15) is 6.10 Å². The Balaban J connectivity index is 2.30. The largest absolute Gasteiger partial charge is 0.384 e. The molecule has 1 aromatic heterocycles. The maximum absolute atomic E-state index is 12.5. The van der Waals surface area contributed by atoms with E-state index in [1.165, 1.54) is 29.5 Å². The van der Waals surface area contributed by atoms with Gasteiger partial charge in [-0.05, 0) is 34.0 Å². The first-order valence-electron chi connectivity index (χ1n) is 4.76. The number of aliphatic hydroxyl groups is 1. The highest BCUT2D eigenvalue weighted by atomic mass is 32.1. The third kappa shape index (κ3) is 2.28. The topological polar surface area (TPSA) is 20.2 Å². The van der Waals surface area contributed by atoms with E-state index in [2.05, 4.69) is 0 Å². The Morgan fingerprint density at radius 2 is 1.81 bits per heavy atom. The monoisotopic (exact) mass is 240 g/mol. The van der Waals surface area contributed by atoms with Crippen LogP contribution < -0.4 is 0 Å². The molecule has 1 heterocycles. The molecule has 84 valence electrons. The van der Waals surface area contributed by atoms with Gasteiger partial charge in [-0.2, -0.15) is 11.3 Å². The molecule has 1 nitrogen and oxygen atoms in total. The molecule has 0 aliphatic rings. The zero-order valence-electron chi connectivity index (χ0n) is 8.31. The number of aliphatic hydroxyl groups excluding tert-OH is 1. The third-order valence-corrected chi connectivity index (χ3v) is 3.04. The highest BCUT2D eigenvalue weighted by molar-refractivity contribution is 7.07. The van der Waals surface area contributed by atoms with Crippen molar-refractivity contribution < 1.29 is 13.9 Å². The Bertz CT molecular complexity index is 454. The fourth-order valence-electron chi connectivity index (χ4n) is 1.49. The third-order valence-electron chi connectivity index (χ3n) is 2.34. The van der Waals surface area contributed by atoms with Crippen molar-refractivity contribution in [3.63, 3.8) is 0 Å². The Morgan fingerprint density at radius 3 is 2.44 bits per heavy atom. The van der Waals surface area contributed by atoms with Gasteiger partial charge in [0.25, 0.3) is 6.43 Å². The molecule has 2 rings (SSSR count). The molecule has 0 aliphatic heterocycles. The second-order valence-corrected chi connectivity index (χ2v) is 4.21. The number of thiophene rings is 1. The maximum atomic E-state index is 12.5. The summed E-state index contributed by atoms with van der Waals surface area (Å²) in [5.41, 5.74) is 1.17. The minimum Gasteiger partial charge on any atom is -0.384 e. The highest BCUT2D eigenvalue weighted by Crippen LogP contribution is 2.27. The van der Waals surface area contributed by atoms with E-state index in [0.717, 1.165) is 5.56 Å². The number of hydrogen-bond acceptors (Lipinski definition) is 2. The molecule has 4 heteroatoms. The van der Waals surface area contributed by atoms with Crippen molar-refractivity contribution in [2.75, 3.05) is 0 Å². The van der Waals surface area contributed by atoms with Gasteiger partial charge < -0.3 is 5.11 Å². The van der Waals surface area contributed by atoms with E-state index in [9.17, 15) is 13.9 Å². The number of alkyl halides is 2. The second-order valence-electron chi connectivity index (χ2n) is 3.43. The predicted octanol–water partition coefficient (Wildman–Crippen LogP) is 3.77. The molecule has 0 saturated heterocycles. The SMILES string of the molecule is OC(c1ccsc1)c1cccc(C(F)F)c1. The Kier molecular flexibility index (Phi) is 3.31. The van der Waals surface area contributed by atoms with E-state index in [0.29, 0.717) is 5.56 Å². The van der Waals surface area contributed by atoms with Gasteiger partial charge in [0, 0.05) is 5.56 Å². The Morgan fingerprint density at radius 1 is 1.06 bits per heavy atom. The van der Waals surface area contributed by atoms with Gasteiger partial charge in [-0.3, -0.25) is 0 Å². The predicted molar refractivity (Wildman–Crippen MR) is 59.8 cm³/mol. The van der Waals surface area contributed by atoms with Crippen molar-refractivity contribution in [3.05, 3.63) is 57.8 Å². The lowest BCUT2D eigenvalue weighted by atomic mass is 10.0. The fraction of sp³-hybridized carbons (Fsp3) is 0.167. The molecular formula is C12H10F2OS. The van der Waals surface area contributed by atoms with Gasteiger partial charge in [-0.25, -0.2) is 8.78 Å². The number of benzene rings is 1. The van der Waals surface area contributed by atoms with E-state index in [1.807, 2.05) is 5.38 Å². The lowest BCUT2D eigenvalue weighted by molar-refractivity contribution is 0.150. The lowest BCUT2D eigenvalue weighted by Gasteiger charge is -2.10. The van der Waals surface area contributed by atoms with E-state index >= 15 is 0 Å². The van der Waals surface area contributed by atoms with Crippen LogP contribution in [-0.2, 0) is 0 Å². The number of rotatable bonds is 3. The van der Waals surface area contributed by atoms with E-state index in [-0.39, 0.29) is 5.56 Å². The van der Waals surface area contributed by atoms with Crippen LogP contribution in [0.3, 0.4) is 0 Å². The maximum Gasteiger partial charge on any atom is 0.263 e. The van der Waals surface area contributed by atoms with Crippen LogP contribution in [0.1, 0.15) is 29.2 Å². The molecule has 0 bridgehead atoms. The Hall–Kier alpha value is -1.26. The van der Waals surface area contributed by atoms with Crippen LogP contribution in [0.15, 0.2) is 41.1 Å². The van der Waals surface area contributed by atoms with Gasteiger partial charge in [0.05, 0.1) is 0 Å². The minimum atomic E-state index is -2.50. The summed E-state index contributed by atoms with van der Waals surface area (Å²) in [5.74, 6) is 0. The minimum absolute atomic E-state index is 0.0632. The van der Waals surface area contributed by atoms with Crippen molar-refractivity contribution in [1.82, 2.24) is 0 Å². The van der Waals surface area contributed by atoms with Crippen LogP contribution >= 0.6 is 11.3 Å². The van der Waals surface area contributed by atoms with Crippen molar-refractivity contribution >= 4 is 11.3 Å². The molecule has 0 spiro atoms. The first-order chi connectivity index (χ1) is 7.68. The molecule has 16 heavy (non-hydrogen) atoms. The van der Waals surface area contributed by atoms with Crippen LogP contribution in [0.5, 0.6) is 0 Å². The van der Waals surface area contributed by atoms with Crippen molar-refractivity contribution in [2.45, 2.75) is 12.5 Å². The summed E-state index contributed by atoms with van der Waals surface area (Å²) in [6, 6.07) is 7.66. The van der Waals surface area contributed by atoms with Gasteiger partial charge >= 0.3 is 0 Å².